The van der Waals surface area contributed by atoms with E-state index in [0.29, 0.717) is 5.56 Å². The van der Waals surface area contributed by atoms with Crippen LogP contribution in [0, 0.1) is 6.92 Å². The predicted molar refractivity (Wildman–Crippen MR) is 48.8 cm³/mol. The second-order valence-electron chi connectivity index (χ2n) is 2.41. The van der Waals surface area contributed by atoms with Gasteiger partial charge in [0.25, 0.3) is 5.56 Å². The Kier molecular flexibility index (Phi) is 3.36. The summed E-state index contributed by atoms with van der Waals surface area (Å²) in [6.45, 7) is 1.62. The molecule has 2 heterocycles. The predicted octanol–water partition coefficient (Wildman–Crippen LogP) is -0.824. The quantitative estimate of drug-likeness (QED) is 0.510. The molecule has 14 heavy (non-hydrogen) atoms. The molecule has 2 aromatic rings. The number of aryl methyl sites for hydroxylation is 1. The second kappa shape index (κ2) is 4.75. The van der Waals surface area contributed by atoms with Gasteiger partial charge in [-0.3, -0.25) is 9.78 Å². The second-order valence-corrected chi connectivity index (χ2v) is 2.41. The van der Waals surface area contributed by atoms with Gasteiger partial charge in [0.2, 0.25) is 0 Å². The van der Waals surface area contributed by atoms with Crippen LogP contribution in [0.15, 0.2) is 28.2 Å². The van der Waals surface area contributed by atoms with Crippen molar-refractivity contribution in [1.29, 1.82) is 0 Å². The highest BCUT2D eigenvalue weighted by Crippen LogP contribution is 1.73. The standard InChI is InChI=1S/C5H6N2O2.C2H3N3/c1-3-2-6-5(9)7-4(3)8;1-2-4-5-3-1/h2H,1H3,(H2,6,7,8,9);1-2H,(H,3,4,5). The Bertz CT molecular complexity index is 452. The van der Waals surface area contributed by atoms with Crippen LogP contribution in [0.5, 0.6) is 0 Å². The fraction of sp³-hybridized carbons (Fsp3) is 0.143. The Morgan fingerprint density at radius 1 is 1.21 bits per heavy atom. The molecule has 0 saturated heterocycles. The zero-order valence-electron chi connectivity index (χ0n) is 7.44. The van der Waals surface area contributed by atoms with Gasteiger partial charge >= 0.3 is 5.69 Å². The topological polar surface area (TPSA) is 107 Å². The number of hydrogen-bond donors (Lipinski definition) is 3. The van der Waals surface area contributed by atoms with E-state index in [-0.39, 0.29) is 5.56 Å². The van der Waals surface area contributed by atoms with Crippen LogP contribution in [0.3, 0.4) is 0 Å². The molecule has 3 N–H and O–H groups in total. The Hall–Kier alpha value is -2.18. The van der Waals surface area contributed by atoms with Gasteiger partial charge in [-0.15, -0.1) is 0 Å². The largest absolute Gasteiger partial charge is 0.325 e. The third kappa shape index (κ3) is 3.05. The van der Waals surface area contributed by atoms with E-state index in [2.05, 4.69) is 25.4 Å². The number of hydrogen-bond acceptors (Lipinski definition) is 4. The first-order chi connectivity index (χ1) is 6.70. The molecular weight excluding hydrogens is 186 g/mol. The average Bonchev–Trinajstić information content (AvgIpc) is 2.69. The maximum atomic E-state index is 10.6. The summed E-state index contributed by atoms with van der Waals surface area (Å²) < 4.78 is 0. The summed E-state index contributed by atoms with van der Waals surface area (Å²) in [5.74, 6) is 0. The van der Waals surface area contributed by atoms with Crippen molar-refractivity contribution in [3.63, 3.8) is 0 Å². The van der Waals surface area contributed by atoms with E-state index in [1.165, 1.54) is 6.20 Å². The third-order valence-corrected chi connectivity index (χ3v) is 1.34. The molecule has 0 aliphatic rings. The molecule has 0 radical (unpaired) electrons. The number of H-pyrrole nitrogens is 3. The fourth-order valence-corrected chi connectivity index (χ4v) is 0.644. The highest BCUT2D eigenvalue weighted by molar-refractivity contribution is 4.98. The van der Waals surface area contributed by atoms with E-state index in [9.17, 15) is 9.59 Å². The molecule has 0 bridgehead atoms. The average molecular weight is 195 g/mol. The molecule has 0 amide bonds. The van der Waals surface area contributed by atoms with Crippen LogP contribution in [0.4, 0.5) is 0 Å². The van der Waals surface area contributed by atoms with E-state index in [0.717, 1.165) is 0 Å². The lowest BCUT2D eigenvalue weighted by atomic mass is 10.4. The smallest absolute Gasteiger partial charge is 0.314 e. The molecule has 2 rings (SSSR count). The van der Waals surface area contributed by atoms with Gasteiger partial charge in [0.15, 0.2) is 0 Å². The van der Waals surface area contributed by atoms with Crippen molar-refractivity contribution >= 4 is 0 Å². The van der Waals surface area contributed by atoms with Crippen LogP contribution < -0.4 is 11.2 Å². The van der Waals surface area contributed by atoms with Crippen molar-refractivity contribution in [1.82, 2.24) is 25.4 Å². The molecule has 2 aromatic heterocycles. The Labute approximate surface area is 78.2 Å². The summed E-state index contributed by atoms with van der Waals surface area (Å²) in [7, 11) is 0. The van der Waals surface area contributed by atoms with E-state index in [1.54, 1.807) is 19.3 Å². The van der Waals surface area contributed by atoms with Crippen molar-refractivity contribution in [3.8, 4) is 0 Å². The van der Waals surface area contributed by atoms with Gasteiger partial charge in [-0.1, -0.05) is 0 Å². The first-order valence-corrected chi connectivity index (χ1v) is 3.78. The number of nitrogens with one attached hydrogen (secondary N) is 3. The Morgan fingerprint density at radius 2 is 1.86 bits per heavy atom. The fourth-order valence-electron chi connectivity index (χ4n) is 0.644. The van der Waals surface area contributed by atoms with Crippen LogP contribution in [-0.2, 0) is 0 Å². The summed E-state index contributed by atoms with van der Waals surface area (Å²) in [6.07, 6.45) is 4.54. The van der Waals surface area contributed by atoms with Gasteiger partial charge in [0.1, 0.15) is 0 Å². The normalized spacial score (nSPS) is 8.93. The highest BCUT2D eigenvalue weighted by atomic mass is 16.2. The van der Waals surface area contributed by atoms with Crippen molar-refractivity contribution in [2.24, 2.45) is 0 Å². The molecule has 0 unspecified atom stereocenters. The van der Waals surface area contributed by atoms with Crippen LogP contribution in [0.2, 0.25) is 0 Å². The zero-order valence-corrected chi connectivity index (χ0v) is 7.44. The van der Waals surface area contributed by atoms with E-state index in [4.69, 9.17) is 0 Å². The molecule has 0 aromatic carbocycles. The lowest BCUT2D eigenvalue weighted by Gasteiger charge is -1.84. The number of rotatable bonds is 0. The van der Waals surface area contributed by atoms with Crippen LogP contribution in [-0.4, -0.2) is 25.4 Å². The Balaban J connectivity index is 0.000000165. The van der Waals surface area contributed by atoms with E-state index < -0.39 is 5.69 Å². The lowest BCUT2D eigenvalue weighted by Crippen LogP contribution is -2.22. The first-order valence-electron chi connectivity index (χ1n) is 3.78. The molecule has 0 aliphatic heterocycles. The van der Waals surface area contributed by atoms with Crippen LogP contribution in [0.1, 0.15) is 5.56 Å². The van der Waals surface area contributed by atoms with Crippen molar-refractivity contribution < 1.29 is 0 Å². The van der Waals surface area contributed by atoms with Crippen LogP contribution >= 0.6 is 0 Å². The van der Waals surface area contributed by atoms with Gasteiger partial charge in [-0.05, 0) is 6.92 Å². The van der Waals surface area contributed by atoms with E-state index >= 15 is 0 Å². The lowest BCUT2D eigenvalue weighted by molar-refractivity contribution is 0.940. The molecule has 7 nitrogen and oxygen atoms in total. The van der Waals surface area contributed by atoms with Gasteiger partial charge in [-0.2, -0.15) is 15.4 Å². The number of aromatic amines is 3. The number of nitrogens with zero attached hydrogens (tertiary/aromatic N) is 2. The summed E-state index contributed by atoms with van der Waals surface area (Å²) in [4.78, 5) is 25.3. The minimum atomic E-state index is -0.467. The molecule has 0 spiro atoms. The van der Waals surface area contributed by atoms with Gasteiger partial charge in [0.05, 0.1) is 12.4 Å². The molecule has 7 heteroatoms. The number of aromatic nitrogens is 5. The molecule has 0 aliphatic carbocycles. The first kappa shape index (κ1) is 9.90. The molecule has 0 fully saturated rings. The summed E-state index contributed by atoms with van der Waals surface area (Å²) in [5.41, 5.74) is -0.293. The third-order valence-electron chi connectivity index (χ3n) is 1.34. The maximum absolute atomic E-state index is 10.6. The van der Waals surface area contributed by atoms with Gasteiger partial charge in [0, 0.05) is 11.8 Å². The molecule has 0 atom stereocenters. The maximum Gasteiger partial charge on any atom is 0.325 e. The van der Waals surface area contributed by atoms with Crippen molar-refractivity contribution in [3.05, 3.63) is 45.0 Å². The summed E-state index contributed by atoms with van der Waals surface area (Å²) in [5, 5.41) is 9.33. The summed E-state index contributed by atoms with van der Waals surface area (Å²) in [6, 6.07) is 0. The van der Waals surface area contributed by atoms with Crippen molar-refractivity contribution in [2.75, 3.05) is 0 Å². The van der Waals surface area contributed by atoms with Crippen molar-refractivity contribution in [2.45, 2.75) is 6.92 Å². The zero-order chi connectivity index (χ0) is 10.4. The Morgan fingerprint density at radius 3 is 2.21 bits per heavy atom. The monoisotopic (exact) mass is 195 g/mol. The molecule has 0 saturated carbocycles. The van der Waals surface area contributed by atoms with E-state index in [1.807, 2.05) is 0 Å². The minimum absolute atomic E-state index is 0.334. The highest BCUT2D eigenvalue weighted by Gasteiger charge is 1.88. The summed E-state index contributed by atoms with van der Waals surface area (Å²) >= 11 is 0. The molecular formula is C7H9N5O2. The van der Waals surface area contributed by atoms with Gasteiger partial charge in [-0.25, -0.2) is 4.79 Å². The van der Waals surface area contributed by atoms with Gasteiger partial charge < -0.3 is 4.98 Å². The molecule has 74 valence electrons. The van der Waals surface area contributed by atoms with Crippen LogP contribution in [0.25, 0.3) is 0 Å². The SMILES string of the molecule is Cc1c[nH]c(=O)[nH]c1=O.c1cn[nH]n1. The minimum Gasteiger partial charge on any atom is -0.314 e.